The number of rotatable bonds is 4. The third-order valence-electron chi connectivity index (χ3n) is 5.69. The van der Waals surface area contributed by atoms with E-state index in [1.807, 2.05) is 59.6 Å². The zero-order chi connectivity index (χ0) is 20.5. The van der Waals surface area contributed by atoms with Crippen LogP contribution in [0.3, 0.4) is 0 Å². The second-order valence-electron chi connectivity index (χ2n) is 7.44. The highest BCUT2D eigenvalue weighted by Crippen LogP contribution is 2.24. The third-order valence-corrected chi connectivity index (χ3v) is 5.69. The molecular weight excluding hydrogens is 378 g/mol. The smallest absolute Gasteiger partial charge is 0.253 e. The Hall–Kier alpha value is -3.52. The van der Waals surface area contributed by atoms with Crippen molar-refractivity contribution in [1.82, 2.24) is 35.0 Å². The highest BCUT2D eigenvalue weighted by Gasteiger charge is 2.21. The van der Waals surface area contributed by atoms with Crippen LogP contribution in [0.5, 0.6) is 0 Å². The molecule has 4 aromatic rings. The third kappa shape index (κ3) is 3.35. The summed E-state index contributed by atoms with van der Waals surface area (Å²) in [6.07, 6.45) is 1.85. The predicted molar refractivity (Wildman–Crippen MR) is 114 cm³/mol. The molecule has 1 aliphatic heterocycles. The van der Waals surface area contributed by atoms with Crippen molar-refractivity contribution in [1.29, 1.82) is 0 Å². The second kappa shape index (κ2) is 7.72. The van der Waals surface area contributed by atoms with Crippen LogP contribution in [0.15, 0.2) is 54.7 Å². The Morgan fingerprint density at radius 2 is 1.80 bits per heavy atom. The molecule has 0 saturated carbocycles. The van der Waals surface area contributed by atoms with Crippen molar-refractivity contribution in [3.05, 3.63) is 60.3 Å². The minimum absolute atomic E-state index is 0.0829. The van der Waals surface area contributed by atoms with Gasteiger partial charge in [-0.25, -0.2) is 4.68 Å². The fraction of sp³-hybridized carbons (Fsp3) is 0.273. The number of hydrogen-bond acceptors (Lipinski definition) is 5. The van der Waals surface area contributed by atoms with Crippen molar-refractivity contribution in [2.24, 2.45) is 0 Å². The molecule has 1 saturated heterocycles. The van der Waals surface area contributed by atoms with Crippen LogP contribution in [0.1, 0.15) is 17.3 Å². The first-order chi connectivity index (χ1) is 14.7. The van der Waals surface area contributed by atoms with Gasteiger partial charge in [-0.05, 0) is 36.9 Å². The van der Waals surface area contributed by atoms with Crippen LogP contribution >= 0.6 is 0 Å². The van der Waals surface area contributed by atoms with Crippen molar-refractivity contribution in [2.75, 3.05) is 32.7 Å². The first-order valence-corrected chi connectivity index (χ1v) is 10.2. The number of piperazine rings is 1. The van der Waals surface area contributed by atoms with E-state index in [4.69, 9.17) is 0 Å². The lowest BCUT2D eigenvalue weighted by atomic mass is 10.1. The van der Waals surface area contributed by atoms with E-state index < -0.39 is 0 Å². The summed E-state index contributed by atoms with van der Waals surface area (Å²) in [5, 5.41) is 16.9. The van der Waals surface area contributed by atoms with Crippen LogP contribution in [0.2, 0.25) is 0 Å². The molecule has 2 aromatic carbocycles. The van der Waals surface area contributed by atoms with Crippen molar-refractivity contribution in [2.45, 2.75) is 6.92 Å². The van der Waals surface area contributed by atoms with Gasteiger partial charge in [-0.15, -0.1) is 5.10 Å². The fourth-order valence-electron chi connectivity index (χ4n) is 3.86. The molecule has 0 bridgehead atoms. The molecule has 0 atom stereocenters. The van der Waals surface area contributed by atoms with Crippen LogP contribution in [-0.4, -0.2) is 73.6 Å². The van der Waals surface area contributed by atoms with E-state index in [2.05, 4.69) is 32.3 Å². The summed E-state index contributed by atoms with van der Waals surface area (Å²) in [6, 6.07) is 15.4. The van der Waals surface area contributed by atoms with Crippen LogP contribution in [0.4, 0.5) is 0 Å². The van der Waals surface area contributed by atoms with Crippen LogP contribution in [0, 0.1) is 0 Å². The number of nitrogens with one attached hydrogen (secondary N) is 1. The van der Waals surface area contributed by atoms with Crippen molar-refractivity contribution < 1.29 is 4.79 Å². The SMILES string of the molecule is CCN1CCN(C(=O)c2ccc(-n3cc(-c4n[nH]c5ccccc45)nn3)cc2)CC1. The zero-order valence-electron chi connectivity index (χ0n) is 16.8. The number of amides is 1. The average molecular weight is 401 g/mol. The van der Waals surface area contributed by atoms with Gasteiger partial charge in [0, 0.05) is 37.1 Å². The molecular formula is C22H23N7O. The molecule has 1 fully saturated rings. The van der Waals surface area contributed by atoms with Crippen molar-refractivity contribution in [3.63, 3.8) is 0 Å². The van der Waals surface area contributed by atoms with E-state index in [-0.39, 0.29) is 5.91 Å². The summed E-state index contributed by atoms with van der Waals surface area (Å²) in [5.74, 6) is 0.0829. The molecule has 152 valence electrons. The normalized spacial score (nSPS) is 15.0. The lowest BCUT2D eigenvalue weighted by Gasteiger charge is -2.34. The van der Waals surface area contributed by atoms with Crippen LogP contribution in [-0.2, 0) is 0 Å². The van der Waals surface area contributed by atoms with Crippen molar-refractivity contribution in [3.8, 4) is 17.1 Å². The molecule has 0 spiro atoms. The first-order valence-electron chi connectivity index (χ1n) is 10.2. The number of nitrogens with zero attached hydrogens (tertiary/aromatic N) is 6. The Balaban J connectivity index is 1.33. The lowest BCUT2D eigenvalue weighted by molar-refractivity contribution is 0.0643. The Morgan fingerprint density at radius 1 is 1.03 bits per heavy atom. The van der Waals surface area contributed by atoms with E-state index >= 15 is 0 Å². The maximum Gasteiger partial charge on any atom is 0.253 e. The molecule has 1 N–H and O–H groups in total. The number of H-pyrrole nitrogens is 1. The van der Waals surface area contributed by atoms with Crippen LogP contribution in [0.25, 0.3) is 28.0 Å². The van der Waals surface area contributed by atoms with Gasteiger partial charge < -0.3 is 9.80 Å². The molecule has 0 aliphatic carbocycles. The van der Waals surface area contributed by atoms with Crippen molar-refractivity contribution >= 4 is 16.8 Å². The summed E-state index contributed by atoms with van der Waals surface area (Å²) < 4.78 is 1.70. The average Bonchev–Trinajstić information content (AvgIpc) is 3.46. The number of aromatic nitrogens is 5. The summed E-state index contributed by atoms with van der Waals surface area (Å²) in [4.78, 5) is 17.1. The topological polar surface area (TPSA) is 82.9 Å². The number of likely N-dealkylation sites (N-methyl/N-ethyl adjacent to an activating group) is 1. The lowest BCUT2D eigenvalue weighted by Crippen LogP contribution is -2.48. The molecule has 8 nitrogen and oxygen atoms in total. The molecule has 5 rings (SSSR count). The molecule has 8 heteroatoms. The number of para-hydroxylation sites is 1. The van der Waals surface area contributed by atoms with E-state index in [0.717, 1.165) is 55.0 Å². The molecule has 3 heterocycles. The minimum Gasteiger partial charge on any atom is -0.336 e. The standard InChI is InChI=1S/C22H23N7O/c1-2-27-11-13-28(14-12-27)22(30)16-7-9-17(10-8-16)29-15-20(24-26-29)21-18-5-3-4-6-19(18)23-25-21/h3-10,15H,2,11-14H2,1H3,(H,23,25). The number of fused-ring (bicyclic) bond motifs is 1. The van der Waals surface area contributed by atoms with Crippen LogP contribution < -0.4 is 0 Å². The first kappa shape index (κ1) is 18.5. The summed E-state index contributed by atoms with van der Waals surface area (Å²) in [6.45, 7) is 6.61. The van der Waals surface area contributed by atoms with E-state index in [1.54, 1.807) is 4.68 Å². The van der Waals surface area contributed by atoms with Gasteiger partial charge in [0.1, 0.15) is 11.4 Å². The number of benzene rings is 2. The maximum atomic E-state index is 12.8. The number of carbonyl (C=O) groups is 1. The Kier molecular flexibility index (Phi) is 4.76. The quantitative estimate of drug-likeness (QED) is 0.568. The molecule has 30 heavy (non-hydrogen) atoms. The molecule has 0 radical (unpaired) electrons. The van der Waals surface area contributed by atoms with Gasteiger partial charge >= 0.3 is 0 Å². The fourth-order valence-corrected chi connectivity index (χ4v) is 3.86. The Morgan fingerprint density at radius 3 is 2.57 bits per heavy atom. The van der Waals surface area contributed by atoms with E-state index in [1.165, 1.54) is 0 Å². The molecule has 1 aliphatic rings. The number of aromatic amines is 1. The number of hydrogen-bond donors (Lipinski definition) is 1. The zero-order valence-corrected chi connectivity index (χ0v) is 16.8. The van der Waals surface area contributed by atoms with Gasteiger partial charge in [-0.2, -0.15) is 5.10 Å². The van der Waals surface area contributed by atoms with Gasteiger partial charge in [-0.1, -0.05) is 30.3 Å². The van der Waals surface area contributed by atoms with Gasteiger partial charge in [-0.3, -0.25) is 9.89 Å². The Bertz CT molecular complexity index is 1170. The van der Waals surface area contributed by atoms with Gasteiger partial charge in [0.25, 0.3) is 5.91 Å². The Labute approximate surface area is 174 Å². The predicted octanol–water partition coefficient (Wildman–Crippen LogP) is 2.59. The molecule has 0 unspecified atom stereocenters. The van der Waals surface area contributed by atoms with Gasteiger partial charge in [0.15, 0.2) is 0 Å². The van der Waals surface area contributed by atoms with E-state index in [0.29, 0.717) is 11.3 Å². The maximum absolute atomic E-state index is 12.8. The minimum atomic E-state index is 0.0829. The second-order valence-corrected chi connectivity index (χ2v) is 7.44. The molecule has 2 aromatic heterocycles. The highest BCUT2D eigenvalue weighted by molar-refractivity contribution is 5.94. The largest absolute Gasteiger partial charge is 0.336 e. The summed E-state index contributed by atoms with van der Waals surface area (Å²) in [7, 11) is 0. The van der Waals surface area contributed by atoms with E-state index in [9.17, 15) is 4.79 Å². The monoisotopic (exact) mass is 401 g/mol. The summed E-state index contributed by atoms with van der Waals surface area (Å²) >= 11 is 0. The van der Waals surface area contributed by atoms with Gasteiger partial charge in [0.05, 0.1) is 17.4 Å². The number of carbonyl (C=O) groups excluding carboxylic acids is 1. The highest BCUT2D eigenvalue weighted by atomic mass is 16.2. The summed E-state index contributed by atoms with van der Waals surface area (Å²) in [5.41, 5.74) is 3.98. The molecule has 1 amide bonds. The van der Waals surface area contributed by atoms with Gasteiger partial charge in [0.2, 0.25) is 0 Å².